The van der Waals surface area contributed by atoms with Gasteiger partial charge in [-0.3, -0.25) is 19.1 Å². The number of hydrogen-bond acceptors (Lipinski definition) is 6. The molecule has 1 aromatic carbocycles. The Hall–Kier alpha value is -3.85. The third-order valence-corrected chi connectivity index (χ3v) is 6.47. The summed E-state index contributed by atoms with van der Waals surface area (Å²) in [6.07, 6.45) is 4.46. The monoisotopic (exact) mass is 492 g/mol. The highest BCUT2D eigenvalue weighted by molar-refractivity contribution is 6.30. The van der Waals surface area contributed by atoms with Crippen molar-refractivity contribution in [1.29, 1.82) is 0 Å². The second kappa shape index (κ2) is 9.42. The highest BCUT2D eigenvalue weighted by atomic mass is 35.5. The second-order valence-electron chi connectivity index (χ2n) is 8.61. The summed E-state index contributed by atoms with van der Waals surface area (Å²) in [5.74, 6) is 0.614. The average Bonchev–Trinajstić information content (AvgIpc) is 3.48. The lowest BCUT2D eigenvalue weighted by Crippen LogP contribution is -2.36. The van der Waals surface area contributed by atoms with Crippen molar-refractivity contribution in [2.24, 2.45) is 0 Å². The topological polar surface area (TPSA) is 114 Å². The summed E-state index contributed by atoms with van der Waals surface area (Å²) >= 11 is 6.42. The van der Waals surface area contributed by atoms with E-state index in [-0.39, 0.29) is 22.4 Å². The molecule has 1 aliphatic heterocycles. The molecule has 0 bridgehead atoms. The Morgan fingerprint density at radius 3 is 2.94 bits per heavy atom. The summed E-state index contributed by atoms with van der Waals surface area (Å²) < 4.78 is 6.79. The van der Waals surface area contributed by atoms with Gasteiger partial charge in [0.2, 0.25) is 5.91 Å². The summed E-state index contributed by atoms with van der Waals surface area (Å²) in [4.78, 5) is 38.0. The van der Waals surface area contributed by atoms with Crippen LogP contribution in [0.2, 0.25) is 5.15 Å². The maximum absolute atomic E-state index is 13.3. The normalized spacial score (nSPS) is 14.7. The number of halogens is 1. The Labute approximate surface area is 206 Å². The van der Waals surface area contributed by atoms with Crippen LogP contribution in [0.25, 0.3) is 10.9 Å². The van der Waals surface area contributed by atoms with Crippen molar-refractivity contribution >= 4 is 34.2 Å². The Kier molecular flexibility index (Phi) is 6.17. The molecule has 10 heteroatoms. The van der Waals surface area contributed by atoms with Crippen LogP contribution in [0.3, 0.4) is 0 Å². The van der Waals surface area contributed by atoms with Gasteiger partial charge >= 0.3 is 0 Å². The molecule has 1 atom stereocenters. The van der Waals surface area contributed by atoms with Crippen LogP contribution in [0, 0.1) is 6.92 Å². The number of ether oxygens (including phenoxy) is 1. The van der Waals surface area contributed by atoms with Crippen molar-refractivity contribution in [2.75, 3.05) is 12.4 Å². The van der Waals surface area contributed by atoms with Gasteiger partial charge in [-0.15, -0.1) is 0 Å². The average molecular weight is 493 g/mol. The van der Waals surface area contributed by atoms with Gasteiger partial charge in [0.05, 0.1) is 19.3 Å². The van der Waals surface area contributed by atoms with E-state index in [4.69, 9.17) is 16.3 Å². The molecule has 0 unspecified atom stereocenters. The van der Waals surface area contributed by atoms with Gasteiger partial charge in [-0.25, -0.2) is 4.98 Å². The van der Waals surface area contributed by atoms with E-state index in [1.807, 2.05) is 37.3 Å². The molecular formula is C25H25ClN6O3. The number of aryl methyl sites for hydroxylation is 1. The highest BCUT2D eigenvalue weighted by Crippen LogP contribution is 2.29. The molecule has 5 rings (SSSR count). The lowest BCUT2D eigenvalue weighted by atomic mass is 10.1. The second-order valence-corrected chi connectivity index (χ2v) is 8.97. The molecule has 9 nitrogen and oxygen atoms in total. The quantitative estimate of drug-likeness (QED) is 0.364. The number of benzene rings is 1. The Bertz CT molecular complexity index is 1450. The molecule has 3 aromatic heterocycles. The molecule has 0 radical (unpaired) electrons. The number of nitrogens with one attached hydrogen (secondary N) is 3. The van der Waals surface area contributed by atoms with Crippen LogP contribution in [0.5, 0.6) is 5.75 Å². The number of methoxy groups -OCH3 is 1. The van der Waals surface area contributed by atoms with E-state index in [1.54, 1.807) is 19.5 Å². The molecule has 0 aliphatic carbocycles. The highest BCUT2D eigenvalue weighted by Gasteiger charge is 2.32. The molecule has 0 fully saturated rings. The van der Waals surface area contributed by atoms with E-state index in [0.717, 1.165) is 33.5 Å². The van der Waals surface area contributed by atoms with Crippen LogP contribution in [-0.4, -0.2) is 32.5 Å². The van der Waals surface area contributed by atoms with Crippen molar-refractivity contribution in [1.82, 2.24) is 24.8 Å². The number of aromatic nitrogens is 4. The van der Waals surface area contributed by atoms with Gasteiger partial charge in [0.25, 0.3) is 5.56 Å². The van der Waals surface area contributed by atoms with E-state index in [0.29, 0.717) is 31.6 Å². The third-order valence-electron chi connectivity index (χ3n) is 6.17. The number of carbonyl (C=O) groups is 1. The smallest absolute Gasteiger partial charge is 0.294 e. The van der Waals surface area contributed by atoms with Crippen molar-refractivity contribution in [3.8, 4) is 5.75 Å². The molecule has 1 aliphatic rings. The minimum atomic E-state index is -0.649. The van der Waals surface area contributed by atoms with Crippen LogP contribution in [0.15, 0.2) is 47.5 Å². The van der Waals surface area contributed by atoms with E-state index >= 15 is 0 Å². The van der Waals surface area contributed by atoms with Crippen LogP contribution in [0.1, 0.15) is 35.0 Å². The molecule has 4 aromatic rings. The summed E-state index contributed by atoms with van der Waals surface area (Å²) in [6, 6.07) is 8.99. The number of hydrogen-bond donors (Lipinski definition) is 3. The first-order chi connectivity index (χ1) is 16.9. The van der Waals surface area contributed by atoms with E-state index in [1.165, 1.54) is 4.57 Å². The molecule has 4 heterocycles. The number of H-pyrrole nitrogens is 1. The number of amides is 1. The predicted molar refractivity (Wildman–Crippen MR) is 134 cm³/mol. The Morgan fingerprint density at radius 2 is 2.14 bits per heavy atom. The standard InChI is InChI=1S/C25H25ClN6O3/c1-14-7-15(9-18(8-14)35-2)11-28-23-25(34)32-20(22(26)31-23)3-4-21(32)24(33)29-13-17-10-16-12-27-6-5-19(16)30-17/h5-10,12,21,30H,3-4,11,13H2,1-2H3,(H,28,31)(H,29,33)/t21-/m0/s1. The number of anilines is 1. The zero-order valence-corrected chi connectivity index (χ0v) is 20.1. The molecule has 180 valence electrons. The van der Waals surface area contributed by atoms with Crippen molar-refractivity contribution in [2.45, 2.75) is 38.9 Å². The first-order valence-electron chi connectivity index (χ1n) is 11.3. The maximum Gasteiger partial charge on any atom is 0.294 e. The van der Waals surface area contributed by atoms with Crippen LogP contribution >= 0.6 is 11.6 Å². The van der Waals surface area contributed by atoms with Gasteiger partial charge < -0.3 is 20.4 Å². The number of carbonyl (C=O) groups excluding carboxylic acids is 1. The number of pyridine rings is 1. The van der Waals surface area contributed by atoms with Crippen LogP contribution in [0.4, 0.5) is 5.82 Å². The maximum atomic E-state index is 13.3. The Balaban J connectivity index is 1.33. The number of fused-ring (bicyclic) bond motifs is 2. The van der Waals surface area contributed by atoms with Crippen molar-refractivity contribution < 1.29 is 9.53 Å². The SMILES string of the molecule is COc1cc(C)cc(CNc2nc(Cl)c3n(c2=O)[C@H](C(=O)NCc2cc4cnccc4[nH]2)CC3)c1. The zero-order valence-electron chi connectivity index (χ0n) is 19.4. The molecule has 3 N–H and O–H groups in total. The van der Waals surface area contributed by atoms with Crippen LogP contribution < -0.4 is 20.9 Å². The van der Waals surface area contributed by atoms with Gasteiger partial charge in [0.15, 0.2) is 11.0 Å². The third kappa shape index (κ3) is 4.59. The fourth-order valence-electron chi connectivity index (χ4n) is 4.52. The summed E-state index contributed by atoms with van der Waals surface area (Å²) in [5.41, 5.74) is 4.00. The Morgan fingerprint density at radius 1 is 1.29 bits per heavy atom. The summed E-state index contributed by atoms with van der Waals surface area (Å²) in [5, 5.41) is 7.22. The molecule has 0 saturated heterocycles. The minimum Gasteiger partial charge on any atom is -0.497 e. The fraction of sp³-hybridized carbons (Fsp3) is 0.280. The predicted octanol–water partition coefficient (Wildman–Crippen LogP) is 3.51. The number of rotatable bonds is 7. The first kappa shape index (κ1) is 22.9. The van der Waals surface area contributed by atoms with Crippen LogP contribution in [-0.2, 0) is 24.3 Å². The van der Waals surface area contributed by atoms with E-state index in [9.17, 15) is 9.59 Å². The summed E-state index contributed by atoms with van der Waals surface area (Å²) in [6.45, 7) is 2.65. The van der Waals surface area contributed by atoms with Crippen molar-refractivity contribution in [3.63, 3.8) is 0 Å². The largest absolute Gasteiger partial charge is 0.497 e. The minimum absolute atomic E-state index is 0.113. The van der Waals surface area contributed by atoms with Gasteiger partial charge in [-0.2, -0.15) is 0 Å². The fourth-order valence-corrected chi connectivity index (χ4v) is 4.79. The summed E-state index contributed by atoms with van der Waals surface area (Å²) in [7, 11) is 1.61. The van der Waals surface area contributed by atoms with Crippen molar-refractivity contribution in [3.05, 3.63) is 80.7 Å². The van der Waals surface area contributed by atoms with E-state index in [2.05, 4.69) is 25.6 Å². The molecule has 0 spiro atoms. The molecular weight excluding hydrogens is 468 g/mol. The van der Waals surface area contributed by atoms with E-state index < -0.39 is 6.04 Å². The number of nitrogens with zero attached hydrogens (tertiary/aromatic N) is 3. The zero-order chi connectivity index (χ0) is 24.5. The molecule has 1 amide bonds. The first-order valence-corrected chi connectivity index (χ1v) is 11.7. The van der Waals surface area contributed by atoms with Gasteiger partial charge in [0, 0.05) is 35.5 Å². The number of aromatic amines is 1. The van der Waals surface area contributed by atoms with Gasteiger partial charge in [0.1, 0.15) is 11.8 Å². The van der Waals surface area contributed by atoms with Gasteiger partial charge in [-0.1, -0.05) is 17.7 Å². The lowest BCUT2D eigenvalue weighted by Gasteiger charge is -2.16. The molecule has 0 saturated carbocycles. The molecule has 35 heavy (non-hydrogen) atoms. The van der Waals surface area contributed by atoms with Gasteiger partial charge in [-0.05, 0) is 55.2 Å². The lowest BCUT2D eigenvalue weighted by molar-refractivity contribution is -0.124.